The summed E-state index contributed by atoms with van der Waals surface area (Å²) in [4.78, 5) is 22.6. The van der Waals surface area contributed by atoms with Gasteiger partial charge in [0.15, 0.2) is 0 Å². The lowest BCUT2D eigenvalue weighted by molar-refractivity contribution is 0.0956. The Bertz CT molecular complexity index is 627. The van der Waals surface area contributed by atoms with Crippen LogP contribution in [0, 0.1) is 0 Å². The summed E-state index contributed by atoms with van der Waals surface area (Å²) in [6, 6.07) is 8.64. The van der Waals surface area contributed by atoms with Gasteiger partial charge in [0.1, 0.15) is 0 Å². The van der Waals surface area contributed by atoms with E-state index in [0.29, 0.717) is 18.7 Å². The van der Waals surface area contributed by atoms with E-state index in [1.54, 1.807) is 47.4 Å². The van der Waals surface area contributed by atoms with Gasteiger partial charge in [0, 0.05) is 30.2 Å². The number of urea groups is 1. The number of carbonyl (C=O) groups is 2. The van der Waals surface area contributed by atoms with Gasteiger partial charge in [-0.05, 0) is 40.1 Å². The van der Waals surface area contributed by atoms with Gasteiger partial charge in [0.25, 0.3) is 5.91 Å². The predicted octanol–water partition coefficient (Wildman–Crippen LogP) is 2.58. The van der Waals surface area contributed by atoms with Crippen LogP contribution in [0.25, 0.3) is 0 Å². The Morgan fingerprint density at radius 2 is 1.87 bits per heavy atom. The molecule has 0 aliphatic carbocycles. The van der Waals surface area contributed by atoms with E-state index >= 15 is 0 Å². The monoisotopic (exact) mass is 349 g/mol. The summed E-state index contributed by atoms with van der Waals surface area (Å²) in [5, 5.41) is 9.62. The SMILES string of the molecule is NC(=O)NCc1ccc(C(=O)NCCSCc2ccsc2)cc1. The van der Waals surface area contributed by atoms with E-state index in [-0.39, 0.29) is 5.91 Å². The first kappa shape index (κ1) is 17.4. The molecule has 3 amide bonds. The molecule has 0 aliphatic heterocycles. The zero-order valence-electron chi connectivity index (χ0n) is 12.6. The molecule has 7 heteroatoms. The number of carbonyl (C=O) groups excluding carboxylic acids is 2. The predicted molar refractivity (Wildman–Crippen MR) is 95.7 cm³/mol. The van der Waals surface area contributed by atoms with Gasteiger partial charge in [-0.2, -0.15) is 23.1 Å². The molecule has 0 aliphatic rings. The number of benzene rings is 1. The number of thiophene rings is 1. The van der Waals surface area contributed by atoms with E-state index in [0.717, 1.165) is 17.1 Å². The minimum atomic E-state index is -0.563. The maximum Gasteiger partial charge on any atom is 0.312 e. The number of rotatable bonds is 8. The van der Waals surface area contributed by atoms with Crippen molar-refractivity contribution >= 4 is 35.0 Å². The van der Waals surface area contributed by atoms with Gasteiger partial charge in [-0.15, -0.1) is 0 Å². The molecule has 0 radical (unpaired) electrons. The summed E-state index contributed by atoms with van der Waals surface area (Å²) in [5.41, 5.74) is 7.84. The van der Waals surface area contributed by atoms with E-state index in [1.165, 1.54) is 5.56 Å². The molecule has 0 saturated heterocycles. The highest BCUT2D eigenvalue weighted by Gasteiger charge is 2.05. The summed E-state index contributed by atoms with van der Waals surface area (Å²) in [5.74, 6) is 1.76. The molecule has 1 aromatic heterocycles. The third-order valence-corrected chi connectivity index (χ3v) is 4.83. The van der Waals surface area contributed by atoms with Crippen LogP contribution in [0.3, 0.4) is 0 Å². The summed E-state index contributed by atoms with van der Waals surface area (Å²) in [6.07, 6.45) is 0. The third kappa shape index (κ3) is 6.33. The number of hydrogen-bond acceptors (Lipinski definition) is 4. The van der Waals surface area contributed by atoms with Crippen LogP contribution in [-0.4, -0.2) is 24.2 Å². The minimum absolute atomic E-state index is 0.0875. The summed E-state index contributed by atoms with van der Waals surface area (Å²) < 4.78 is 0. The van der Waals surface area contributed by atoms with Gasteiger partial charge in [-0.1, -0.05) is 12.1 Å². The first-order chi connectivity index (χ1) is 11.1. The van der Waals surface area contributed by atoms with Crippen molar-refractivity contribution < 1.29 is 9.59 Å². The van der Waals surface area contributed by atoms with Crippen molar-refractivity contribution in [3.63, 3.8) is 0 Å². The molecule has 2 rings (SSSR count). The van der Waals surface area contributed by atoms with Crippen molar-refractivity contribution in [2.75, 3.05) is 12.3 Å². The van der Waals surface area contributed by atoms with E-state index in [4.69, 9.17) is 5.73 Å². The Morgan fingerprint density at radius 3 is 2.52 bits per heavy atom. The van der Waals surface area contributed by atoms with E-state index in [2.05, 4.69) is 27.5 Å². The van der Waals surface area contributed by atoms with Crippen molar-refractivity contribution in [3.8, 4) is 0 Å². The summed E-state index contributed by atoms with van der Waals surface area (Å²) in [7, 11) is 0. The van der Waals surface area contributed by atoms with Crippen molar-refractivity contribution in [3.05, 3.63) is 57.8 Å². The Labute approximate surface area is 143 Å². The molecule has 5 nitrogen and oxygen atoms in total. The lowest BCUT2D eigenvalue weighted by atomic mass is 10.1. The molecule has 1 aromatic carbocycles. The number of nitrogens with two attached hydrogens (primary N) is 1. The van der Waals surface area contributed by atoms with Gasteiger partial charge in [0.2, 0.25) is 0 Å². The molecule has 2 aromatic rings. The lowest BCUT2D eigenvalue weighted by Crippen LogP contribution is -2.28. The van der Waals surface area contributed by atoms with Crippen LogP contribution < -0.4 is 16.4 Å². The fourth-order valence-corrected chi connectivity index (χ4v) is 3.45. The maximum absolute atomic E-state index is 12.0. The number of hydrogen-bond donors (Lipinski definition) is 3. The minimum Gasteiger partial charge on any atom is -0.352 e. The van der Waals surface area contributed by atoms with Crippen molar-refractivity contribution in [1.82, 2.24) is 10.6 Å². The van der Waals surface area contributed by atoms with Gasteiger partial charge >= 0.3 is 6.03 Å². The molecule has 0 unspecified atom stereocenters. The highest BCUT2D eigenvalue weighted by atomic mass is 32.2. The van der Waals surface area contributed by atoms with Crippen molar-refractivity contribution in [2.24, 2.45) is 5.73 Å². The van der Waals surface area contributed by atoms with Crippen LogP contribution in [0.15, 0.2) is 41.1 Å². The third-order valence-electron chi connectivity index (χ3n) is 3.06. The Morgan fingerprint density at radius 1 is 1.09 bits per heavy atom. The van der Waals surface area contributed by atoms with Crippen LogP contribution >= 0.6 is 23.1 Å². The molecule has 23 heavy (non-hydrogen) atoms. The lowest BCUT2D eigenvalue weighted by Gasteiger charge is -2.06. The second-order valence-electron chi connectivity index (χ2n) is 4.85. The van der Waals surface area contributed by atoms with Crippen LogP contribution in [0.4, 0.5) is 4.79 Å². The Balaban J connectivity index is 1.67. The van der Waals surface area contributed by atoms with Crippen molar-refractivity contribution in [1.29, 1.82) is 0 Å². The largest absolute Gasteiger partial charge is 0.352 e. The molecule has 0 bridgehead atoms. The smallest absolute Gasteiger partial charge is 0.312 e. The average Bonchev–Trinajstić information content (AvgIpc) is 3.06. The summed E-state index contributed by atoms with van der Waals surface area (Å²) in [6.45, 7) is 0.995. The van der Waals surface area contributed by atoms with Crippen LogP contribution in [0.1, 0.15) is 21.5 Å². The number of amides is 3. The molecule has 4 N–H and O–H groups in total. The topological polar surface area (TPSA) is 84.2 Å². The van der Waals surface area contributed by atoms with Gasteiger partial charge in [0.05, 0.1) is 0 Å². The highest BCUT2D eigenvalue weighted by Crippen LogP contribution is 2.14. The highest BCUT2D eigenvalue weighted by molar-refractivity contribution is 7.98. The first-order valence-electron chi connectivity index (χ1n) is 7.14. The van der Waals surface area contributed by atoms with Gasteiger partial charge in [-0.25, -0.2) is 4.79 Å². The average molecular weight is 349 g/mol. The normalized spacial score (nSPS) is 10.3. The van der Waals surface area contributed by atoms with E-state index in [9.17, 15) is 9.59 Å². The molecule has 0 spiro atoms. The molecular weight excluding hydrogens is 330 g/mol. The van der Waals surface area contributed by atoms with Crippen LogP contribution in [0.5, 0.6) is 0 Å². The fraction of sp³-hybridized carbons (Fsp3) is 0.250. The quantitative estimate of drug-likeness (QED) is 0.641. The second kappa shape index (κ2) is 9.22. The van der Waals surface area contributed by atoms with Crippen molar-refractivity contribution in [2.45, 2.75) is 12.3 Å². The van der Waals surface area contributed by atoms with Gasteiger partial charge < -0.3 is 16.4 Å². The van der Waals surface area contributed by atoms with E-state index < -0.39 is 6.03 Å². The Hall–Kier alpha value is -1.99. The van der Waals surface area contributed by atoms with Gasteiger partial charge in [-0.3, -0.25) is 4.79 Å². The molecule has 0 atom stereocenters. The maximum atomic E-state index is 12.0. The fourth-order valence-electron chi connectivity index (χ4n) is 1.87. The summed E-state index contributed by atoms with van der Waals surface area (Å²) >= 11 is 3.50. The number of nitrogens with one attached hydrogen (secondary N) is 2. The molecule has 122 valence electrons. The standard InChI is InChI=1S/C16H19N3O2S2/c17-16(21)19-9-12-1-3-14(4-2-12)15(20)18-6-8-23-11-13-5-7-22-10-13/h1-5,7,10H,6,8-9,11H2,(H,18,20)(H3,17,19,21). The number of thioether (sulfide) groups is 1. The molecular formula is C16H19N3O2S2. The van der Waals surface area contributed by atoms with Crippen LogP contribution in [0.2, 0.25) is 0 Å². The number of primary amides is 1. The molecule has 0 saturated carbocycles. The molecule has 0 fully saturated rings. The second-order valence-corrected chi connectivity index (χ2v) is 6.74. The zero-order valence-corrected chi connectivity index (χ0v) is 14.2. The zero-order chi connectivity index (χ0) is 16.5. The Kier molecular flexibility index (Phi) is 6.96. The van der Waals surface area contributed by atoms with E-state index in [1.807, 2.05) is 0 Å². The first-order valence-corrected chi connectivity index (χ1v) is 9.24. The van der Waals surface area contributed by atoms with Crippen LogP contribution in [-0.2, 0) is 12.3 Å². The molecule has 1 heterocycles.